The zero-order valence-corrected chi connectivity index (χ0v) is 27.3. The number of nitrogens with zero attached hydrogens (tertiary/aromatic N) is 2. The Hall–Kier alpha value is -3.62. The Labute approximate surface area is 277 Å². The third-order valence-electron chi connectivity index (χ3n) is 8.89. The van der Waals surface area contributed by atoms with E-state index in [-0.39, 0.29) is 23.0 Å². The van der Waals surface area contributed by atoms with Gasteiger partial charge in [0.25, 0.3) is 5.91 Å². The molecular weight excluding hydrogens is 630 g/mol. The van der Waals surface area contributed by atoms with E-state index in [1.807, 2.05) is 56.3 Å². The number of likely N-dealkylation sites (N-methyl/N-ethyl adjacent to an activating group) is 1. The van der Waals surface area contributed by atoms with Crippen LogP contribution in [0.3, 0.4) is 0 Å². The van der Waals surface area contributed by atoms with Crippen LogP contribution in [0.5, 0.6) is 17.2 Å². The minimum Gasteiger partial charge on any atom is -0.493 e. The van der Waals surface area contributed by atoms with Crippen LogP contribution in [-0.2, 0) is 4.74 Å². The van der Waals surface area contributed by atoms with Crippen molar-refractivity contribution in [3.8, 4) is 17.2 Å². The quantitative estimate of drug-likeness (QED) is 0.159. The third-order valence-corrected chi connectivity index (χ3v) is 9.19. The number of anilines is 1. The molecule has 3 heterocycles. The fourth-order valence-corrected chi connectivity index (χ4v) is 6.52. The van der Waals surface area contributed by atoms with E-state index >= 15 is 0 Å². The van der Waals surface area contributed by atoms with Crippen molar-refractivity contribution in [2.24, 2.45) is 0 Å². The molecule has 2 aliphatic heterocycles. The Morgan fingerprint density at radius 2 is 1.81 bits per heavy atom. The van der Waals surface area contributed by atoms with Crippen molar-refractivity contribution >= 4 is 44.9 Å². The van der Waals surface area contributed by atoms with Crippen molar-refractivity contribution in [2.45, 2.75) is 48.9 Å². The molecule has 0 aliphatic carbocycles. The zero-order valence-electron chi connectivity index (χ0n) is 26.6. The van der Waals surface area contributed by atoms with Crippen LogP contribution in [0, 0.1) is 0 Å². The fraction of sp³-hybridized carbons (Fsp3) is 0.441. The van der Waals surface area contributed by atoms with Gasteiger partial charge in [-0.15, -0.1) is 11.6 Å². The molecule has 0 radical (unpaired) electrons. The molecule has 13 heteroatoms. The van der Waals surface area contributed by atoms with Gasteiger partial charge >= 0.3 is 0 Å². The molecule has 0 spiro atoms. The summed E-state index contributed by atoms with van der Waals surface area (Å²) >= 11 is 6.74. The number of rotatable bonds is 10. The number of fused-ring (bicyclic) bond motifs is 4. The number of aromatic nitrogens is 1. The van der Waals surface area contributed by atoms with Gasteiger partial charge in [-0.3, -0.25) is 4.79 Å². The molecule has 2 unspecified atom stereocenters. The Kier molecular flexibility index (Phi) is 9.54. The third kappa shape index (κ3) is 6.22. The maximum atomic E-state index is 14.3. The molecule has 0 saturated carbocycles. The summed E-state index contributed by atoms with van der Waals surface area (Å²) in [6.45, 7) is 2.81. The van der Waals surface area contributed by atoms with E-state index in [1.54, 1.807) is 30.2 Å². The first-order chi connectivity index (χ1) is 22.5. The minimum atomic E-state index is -1.61. The summed E-state index contributed by atoms with van der Waals surface area (Å²) in [5.74, 6) is 0.906. The average Bonchev–Trinajstić information content (AvgIpc) is 3.66. The summed E-state index contributed by atoms with van der Waals surface area (Å²) in [5.41, 5.74) is 2.52. The number of aliphatic hydroxyl groups excluding tert-OH is 4. The second kappa shape index (κ2) is 13.5. The first kappa shape index (κ1) is 33.3. The number of carbonyl (C=O) groups is 1. The number of ether oxygens (including phenoxy) is 4. The molecule has 0 bridgehead atoms. The highest BCUT2D eigenvalue weighted by atomic mass is 35.5. The molecule has 2 aliphatic rings. The number of hydrogen-bond acceptors (Lipinski definition) is 10. The molecule has 1 aromatic heterocycles. The molecule has 4 aromatic rings. The maximum Gasteiger partial charge on any atom is 0.274 e. The van der Waals surface area contributed by atoms with E-state index in [0.29, 0.717) is 46.9 Å². The number of hydrogen-bond donors (Lipinski definition) is 5. The number of H-pyrrole nitrogens is 1. The van der Waals surface area contributed by atoms with Gasteiger partial charge in [-0.25, -0.2) is 0 Å². The first-order valence-corrected chi connectivity index (χ1v) is 15.9. The predicted molar refractivity (Wildman–Crippen MR) is 177 cm³/mol. The Bertz CT molecular complexity index is 1760. The molecule has 7 atom stereocenters. The average molecular weight is 670 g/mol. The maximum absolute atomic E-state index is 14.3. The summed E-state index contributed by atoms with van der Waals surface area (Å²) in [6, 6.07) is 14.6. The number of nitrogens with one attached hydrogen (secondary N) is 1. The van der Waals surface area contributed by atoms with E-state index in [9.17, 15) is 25.2 Å². The zero-order chi connectivity index (χ0) is 33.6. The Morgan fingerprint density at radius 3 is 2.49 bits per heavy atom. The van der Waals surface area contributed by atoms with E-state index in [1.165, 1.54) is 0 Å². The van der Waals surface area contributed by atoms with Gasteiger partial charge in [0.05, 0.1) is 19.4 Å². The van der Waals surface area contributed by atoms with Crippen molar-refractivity contribution in [1.29, 1.82) is 0 Å². The summed E-state index contributed by atoms with van der Waals surface area (Å²) in [6.07, 6.45) is -7.28. The standard InChI is InChI=1S/C34H40ClN3O9/c1-17(35)21-15-38(33(43)23-11-18-12-27(45-10-9-37(2)3)26(44-4)13-22(18)36-23)24-14-25(19-7-5-6-8-20(19)29(21)24)46-34-32(42)31(41)30(40)28(16-39)47-34/h5-8,11-14,17,21,28,30-32,34,36,39-42H,9-10,15-16H2,1-4H3/t17-,21+,28?,30+,31+,32?,34-/m1/s1. The lowest BCUT2D eigenvalue weighted by Crippen LogP contribution is -2.60. The second-order valence-corrected chi connectivity index (χ2v) is 13.0. The number of amides is 1. The molecule has 1 saturated heterocycles. The van der Waals surface area contributed by atoms with Gasteiger partial charge in [-0.1, -0.05) is 24.3 Å². The van der Waals surface area contributed by atoms with Crippen molar-refractivity contribution in [2.75, 3.05) is 52.4 Å². The van der Waals surface area contributed by atoms with Crippen molar-refractivity contribution in [3.63, 3.8) is 0 Å². The van der Waals surface area contributed by atoms with Crippen LogP contribution in [0.1, 0.15) is 28.9 Å². The Balaban J connectivity index is 1.38. The second-order valence-electron chi connectivity index (χ2n) is 12.3. The van der Waals surface area contributed by atoms with Crippen LogP contribution in [0.2, 0.25) is 0 Å². The van der Waals surface area contributed by atoms with Crippen LogP contribution in [0.4, 0.5) is 5.69 Å². The number of aliphatic hydroxyl groups is 4. The monoisotopic (exact) mass is 669 g/mol. The van der Waals surface area contributed by atoms with Gasteiger partial charge in [0.15, 0.2) is 11.5 Å². The smallest absolute Gasteiger partial charge is 0.274 e. The van der Waals surface area contributed by atoms with Gasteiger partial charge in [-0.2, -0.15) is 0 Å². The van der Waals surface area contributed by atoms with E-state index in [4.69, 9.17) is 30.5 Å². The molecule has 5 N–H and O–H groups in total. The summed E-state index contributed by atoms with van der Waals surface area (Å²) in [4.78, 5) is 21.2. The molecule has 47 heavy (non-hydrogen) atoms. The number of alkyl halides is 1. The SMILES string of the molecule is COc1cc2[nH]c(C(=O)N3C[C@@H]([C@@H](C)Cl)c4c3cc(O[C@@H]3OC(CO)[C@H](O)[C@H](O)C3O)c3ccccc43)cc2cc1OCCN(C)C. The van der Waals surface area contributed by atoms with Crippen LogP contribution >= 0.6 is 11.6 Å². The number of benzene rings is 3. The lowest BCUT2D eigenvalue weighted by Gasteiger charge is -2.39. The Morgan fingerprint density at radius 1 is 1.06 bits per heavy atom. The highest BCUT2D eigenvalue weighted by Crippen LogP contribution is 2.48. The largest absolute Gasteiger partial charge is 0.493 e. The van der Waals surface area contributed by atoms with E-state index in [0.717, 1.165) is 22.9 Å². The molecule has 252 valence electrons. The highest BCUT2D eigenvalue weighted by Gasteiger charge is 2.45. The minimum absolute atomic E-state index is 0.206. The van der Waals surface area contributed by atoms with Gasteiger partial charge in [-0.05, 0) is 44.1 Å². The topological polar surface area (TPSA) is 157 Å². The number of carbonyl (C=O) groups excluding carboxylic acids is 1. The van der Waals surface area contributed by atoms with E-state index < -0.39 is 37.3 Å². The molecule has 6 rings (SSSR count). The number of aromatic amines is 1. The normalized spacial score (nSPS) is 24.9. The van der Waals surface area contributed by atoms with Gasteiger partial charge in [0.2, 0.25) is 6.29 Å². The van der Waals surface area contributed by atoms with E-state index in [2.05, 4.69) is 4.98 Å². The van der Waals surface area contributed by atoms with Crippen molar-refractivity contribution in [1.82, 2.24) is 9.88 Å². The fourth-order valence-electron chi connectivity index (χ4n) is 6.32. The molecule has 1 fully saturated rings. The van der Waals surface area contributed by atoms with Crippen LogP contribution in [0.25, 0.3) is 21.7 Å². The lowest BCUT2D eigenvalue weighted by molar-refractivity contribution is -0.277. The van der Waals surface area contributed by atoms with Crippen LogP contribution < -0.4 is 19.1 Å². The lowest BCUT2D eigenvalue weighted by atomic mass is 9.92. The van der Waals surface area contributed by atoms with Crippen molar-refractivity contribution in [3.05, 3.63) is 59.8 Å². The summed E-state index contributed by atoms with van der Waals surface area (Å²) < 4.78 is 23.3. The van der Waals surface area contributed by atoms with Crippen LogP contribution in [-0.4, -0.2) is 120 Å². The molecule has 1 amide bonds. The molecule has 3 aromatic carbocycles. The molecular formula is C34H40ClN3O9. The first-order valence-electron chi connectivity index (χ1n) is 15.5. The van der Waals surface area contributed by atoms with Crippen LogP contribution in [0.15, 0.2) is 48.5 Å². The van der Waals surface area contributed by atoms with Gasteiger partial charge in [0, 0.05) is 52.8 Å². The molecule has 12 nitrogen and oxygen atoms in total. The summed E-state index contributed by atoms with van der Waals surface area (Å²) in [7, 11) is 5.50. The van der Waals surface area contributed by atoms with Gasteiger partial charge in [0.1, 0.15) is 42.5 Å². The number of halogens is 1. The number of methoxy groups -OCH3 is 1. The van der Waals surface area contributed by atoms with Gasteiger partial charge < -0.3 is 54.2 Å². The highest BCUT2D eigenvalue weighted by molar-refractivity contribution is 6.22. The van der Waals surface area contributed by atoms with Crippen molar-refractivity contribution < 1.29 is 44.2 Å². The predicted octanol–water partition coefficient (Wildman–Crippen LogP) is 2.82. The summed E-state index contributed by atoms with van der Waals surface area (Å²) in [5, 5.41) is 42.9.